The average molecular weight is 344 g/mol. The molecule has 0 bridgehead atoms. The predicted molar refractivity (Wildman–Crippen MR) is 73.8 cm³/mol. The number of rotatable bonds is 1. The van der Waals surface area contributed by atoms with E-state index in [9.17, 15) is 26.1 Å². The third kappa shape index (κ3) is 2.83. The number of halogens is 3. The largest absolute Gasteiger partial charge is 0.748 e. The summed E-state index contributed by atoms with van der Waals surface area (Å²) in [7, 11) is -6.22. The highest BCUT2D eigenvalue weighted by atomic mass is 32.2. The molecule has 8 heteroatoms. The first-order chi connectivity index (χ1) is 9.69. The lowest BCUT2D eigenvalue weighted by molar-refractivity contribution is -0.0383. The maximum atomic E-state index is 13.5. The summed E-state index contributed by atoms with van der Waals surface area (Å²) in [5, 5.41) is -2.08. The van der Waals surface area contributed by atoms with E-state index in [1.165, 1.54) is 0 Å². The topological polar surface area (TPSA) is 57.2 Å². The second kappa shape index (κ2) is 5.30. The van der Waals surface area contributed by atoms with E-state index in [1.54, 1.807) is 0 Å². The molecule has 2 aliphatic carbocycles. The fraction of sp³-hybridized carbons (Fsp3) is 1.00. The predicted octanol–water partition coefficient (Wildman–Crippen LogP) is 2.78. The lowest BCUT2D eigenvalue weighted by atomic mass is 9.73. The van der Waals surface area contributed by atoms with Gasteiger partial charge in [0.05, 0.1) is 15.4 Å². The van der Waals surface area contributed by atoms with Crippen LogP contribution in [0.15, 0.2) is 0 Å². The second-order valence-electron chi connectivity index (χ2n) is 6.43. The standard InChI is InChI=1S/C13H19F3O3S2/c14-13(15,16)20-11-4-2-1-3-9(11)10-6-5-8(7-12(10)20)21(17,18)19/h8-12H,1-7H2. The Morgan fingerprint density at radius 2 is 1.57 bits per heavy atom. The van der Waals surface area contributed by atoms with Crippen molar-refractivity contribution in [3.63, 3.8) is 0 Å². The molecule has 0 amide bonds. The molecule has 3 aliphatic rings. The summed E-state index contributed by atoms with van der Waals surface area (Å²) in [6, 6.07) is 0. The van der Waals surface area contributed by atoms with Gasteiger partial charge >= 0.3 is 5.51 Å². The van der Waals surface area contributed by atoms with E-state index in [-0.39, 0.29) is 29.9 Å². The van der Waals surface area contributed by atoms with Gasteiger partial charge in [0.25, 0.3) is 0 Å². The van der Waals surface area contributed by atoms with Crippen molar-refractivity contribution in [3.8, 4) is 0 Å². The first-order valence-electron chi connectivity index (χ1n) is 7.43. The summed E-state index contributed by atoms with van der Waals surface area (Å²) >= 11 is 0. The van der Waals surface area contributed by atoms with E-state index in [1.807, 2.05) is 0 Å². The van der Waals surface area contributed by atoms with Gasteiger partial charge in [-0.3, -0.25) is 0 Å². The average Bonchev–Trinajstić information content (AvgIpc) is 2.70. The molecule has 3 nitrogen and oxygen atoms in total. The van der Waals surface area contributed by atoms with E-state index in [2.05, 4.69) is 0 Å². The van der Waals surface area contributed by atoms with Crippen LogP contribution in [0, 0.1) is 11.8 Å². The highest BCUT2D eigenvalue weighted by Gasteiger charge is 2.70. The van der Waals surface area contributed by atoms with Crippen LogP contribution in [0.25, 0.3) is 0 Å². The van der Waals surface area contributed by atoms with Crippen LogP contribution in [0.5, 0.6) is 0 Å². The van der Waals surface area contributed by atoms with Gasteiger partial charge in [0.2, 0.25) is 0 Å². The molecule has 2 saturated carbocycles. The normalized spacial score (nSPS) is 44.2. The molecular formula is C13H19F3O3S2. The Bertz CT molecular complexity index is 505. The third-order valence-corrected chi connectivity index (χ3v) is 9.64. The Kier molecular flexibility index (Phi) is 4.02. The van der Waals surface area contributed by atoms with Crippen molar-refractivity contribution in [1.29, 1.82) is 0 Å². The Balaban J connectivity index is 1.91. The molecular weight excluding hydrogens is 325 g/mol. The van der Waals surface area contributed by atoms with Crippen molar-refractivity contribution in [2.75, 3.05) is 0 Å². The fourth-order valence-electron chi connectivity index (χ4n) is 4.66. The van der Waals surface area contributed by atoms with Crippen LogP contribution in [0.1, 0.15) is 44.9 Å². The van der Waals surface area contributed by atoms with Gasteiger partial charge in [-0.25, -0.2) is 8.42 Å². The number of alkyl halides is 3. The molecule has 6 atom stereocenters. The SMILES string of the molecule is O=S(=O)([O-])C1CCC2C3CCCCC3[S+](C(F)(F)F)C2C1. The van der Waals surface area contributed by atoms with E-state index in [0.29, 0.717) is 12.8 Å². The van der Waals surface area contributed by atoms with Gasteiger partial charge in [-0.1, -0.05) is 6.42 Å². The zero-order valence-corrected chi connectivity index (χ0v) is 13.1. The molecule has 3 fully saturated rings. The maximum Gasteiger partial charge on any atom is 0.575 e. The third-order valence-electron chi connectivity index (χ3n) is 5.43. The van der Waals surface area contributed by atoms with Crippen LogP contribution in [0.4, 0.5) is 13.2 Å². The summed E-state index contributed by atoms with van der Waals surface area (Å²) in [5.41, 5.74) is -4.26. The zero-order valence-electron chi connectivity index (χ0n) is 11.5. The first kappa shape index (κ1) is 15.9. The molecule has 122 valence electrons. The van der Waals surface area contributed by atoms with Gasteiger partial charge in [-0.2, -0.15) is 0 Å². The summed E-state index contributed by atoms with van der Waals surface area (Å²) in [5.74, 6) is 0.0577. The molecule has 0 aromatic carbocycles. The van der Waals surface area contributed by atoms with Crippen LogP contribution in [-0.2, 0) is 21.0 Å². The Morgan fingerprint density at radius 3 is 2.19 bits per heavy atom. The van der Waals surface area contributed by atoms with Gasteiger partial charge in [-0.15, -0.1) is 13.2 Å². The van der Waals surface area contributed by atoms with Crippen LogP contribution in [-0.4, -0.2) is 34.2 Å². The monoisotopic (exact) mass is 344 g/mol. The minimum atomic E-state index is -4.48. The number of hydrogen-bond acceptors (Lipinski definition) is 3. The quantitative estimate of drug-likeness (QED) is 0.543. The minimum absolute atomic E-state index is 0.0294. The van der Waals surface area contributed by atoms with E-state index in [4.69, 9.17) is 0 Å². The minimum Gasteiger partial charge on any atom is -0.748 e. The Morgan fingerprint density at radius 1 is 0.952 bits per heavy atom. The van der Waals surface area contributed by atoms with E-state index >= 15 is 0 Å². The van der Waals surface area contributed by atoms with Gasteiger partial charge in [0.1, 0.15) is 21.4 Å². The number of hydrogen-bond donors (Lipinski definition) is 0. The summed E-state index contributed by atoms with van der Waals surface area (Å²) < 4.78 is 74.2. The molecule has 0 N–H and O–H groups in total. The molecule has 1 aliphatic heterocycles. The van der Waals surface area contributed by atoms with Crippen LogP contribution >= 0.6 is 0 Å². The molecule has 0 spiro atoms. The summed E-state index contributed by atoms with van der Waals surface area (Å²) in [6.45, 7) is 0. The van der Waals surface area contributed by atoms with E-state index in [0.717, 1.165) is 19.3 Å². The van der Waals surface area contributed by atoms with Crippen molar-refractivity contribution in [2.24, 2.45) is 11.8 Å². The van der Waals surface area contributed by atoms with Crippen molar-refractivity contribution in [2.45, 2.75) is 66.2 Å². The highest BCUT2D eigenvalue weighted by Crippen LogP contribution is 2.56. The number of fused-ring (bicyclic) bond motifs is 3. The molecule has 0 radical (unpaired) electrons. The van der Waals surface area contributed by atoms with Crippen molar-refractivity contribution >= 4 is 21.0 Å². The lowest BCUT2D eigenvalue weighted by Gasteiger charge is -2.32. The maximum absolute atomic E-state index is 13.5. The molecule has 6 unspecified atom stereocenters. The lowest BCUT2D eigenvalue weighted by Crippen LogP contribution is -2.43. The molecule has 0 aromatic rings. The molecule has 1 saturated heterocycles. The fourth-order valence-corrected chi connectivity index (χ4v) is 9.07. The van der Waals surface area contributed by atoms with Crippen molar-refractivity contribution < 1.29 is 26.1 Å². The molecule has 3 rings (SSSR count). The van der Waals surface area contributed by atoms with Crippen LogP contribution < -0.4 is 0 Å². The highest BCUT2D eigenvalue weighted by molar-refractivity contribution is 7.99. The van der Waals surface area contributed by atoms with Gasteiger partial charge in [0.15, 0.2) is 0 Å². The zero-order chi connectivity index (χ0) is 15.4. The van der Waals surface area contributed by atoms with Gasteiger partial charge < -0.3 is 4.55 Å². The van der Waals surface area contributed by atoms with Gasteiger partial charge in [-0.05, 0) is 32.1 Å². The molecule has 21 heavy (non-hydrogen) atoms. The van der Waals surface area contributed by atoms with E-state index < -0.39 is 37.0 Å². The molecule has 1 heterocycles. The summed E-state index contributed by atoms with van der Waals surface area (Å²) in [6.07, 6.45) is 3.89. The second-order valence-corrected chi connectivity index (χ2v) is 10.5. The molecule has 0 aromatic heterocycles. The van der Waals surface area contributed by atoms with Crippen LogP contribution in [0.2, 0.25) is 0 Å². The first-order valence-corrected chi connectivity index (χ1v) is 10.3. The smallest absolute Gasteiger partial charge is 0.575 e. The Hall–Kier alpha value is 0.0500. The summed E-state index contributed by atoms with van der Waals surface area (Å²) in [4.78, 5) is 0. The Labute approximate surface area is 125 Å². The van der Waals surface area contributed by atoms with Crippen LogP contribution in [0.3, 0.4) is 0 Å². The van der Waals surface area contributed by atoms with Crippen molar-refractivity contribution in [3.05, 3.63) is 0 Å². The van der Waals surface area contributed by atoms with Crippen molar-refractivity contribution in [1.82, 2.24) is 0 Å². The van der Waals surface area contributed by atoms with Gasteiger partial charge in [0, 0.05) is 18.3 Å².